The van der Waals surface area contributed by atoms with Crippen LogP contribution in [0, 0.1) is 0 Å². The molecule has 1 fully saturated rings. The average Bonchev–Trinajstić information content (AvgIpc) is 2.59. The van der Waals surface area contributed by atoms with Gasteiger partial charge in [-0.2, -0.15) is 11.8 Å². The first kappa shape index (κ1) is 11.0. The van der Waals surface area contributed by atoms with Gasteiger partial charge in [-0.3, -0.25) is 0 Å². The smallest absolute Gasteiger partial charge is 0.0949 e. The Morgan fingerprint density at radius 2 is 2.40 bits per heavy atom. The molecule has 0 radical (unpaired) electrons. The van der Waals surface area contributed by atoms with Gasteiger partial charge in [0.1, 0.15) is 0 Å². The Bertz CT molecular complexity index is 323. The number of nitrogens with zero attached hydrogens (tertiary/aromatic N) is 2. The van der Waals surface area contributed by atoms with Crippen molar-refractivity contribution < 1.29 is 0 Å². The predicted molar refractivity (Wildman–Crippen MR) is 64.9 cm³/mol. The highest BCUT2D eigenvalue weighted by Crippen LogP contribution is 2.44. The lowest BCUT2D eigenvalue weighted by Crippen LogP contribution is -2.38. The molecule has 4 heteroatoms. The fourth-order valence-electron chi connectivity index (χ4n) is 2.15. The van der Waals surface area contributed by atoms with E-state index in [1.807, 2.05) is 31.2 Å². The van der Waals surface area contributed by atoms with Crippen LogP contribution in [0.25, 0.3) is 0 Å². The van der Waals surface area contributed by atoms with Crippen LogP contribution in [0.4, 0.5) is 0 Å². The fourth-order valence-corrected chi connectivity index (χ4v) is 3.12. The molecule has 1 aromatic rings. The summed E-state index contributed by atoms with van der Waals surface area (Å²) in [6, 6.07) is 0.0754. The Labute approximate surface area is 95.4 Å². The molecule has 15 heavy (non-hydrogen) atoms. The van der Waals surface area contributed by atoms with Gasteiger partial charge in [-0.05, 0) is 26.0 Å². The average molecular weight is 225 g/mol. The Hall–Kier alpha value is -0.480. The Morgan fingerprint density at radius 1 is 1.67 bits per heavy atom. The summed E-state index contributed by atoms with van der Waals surface area (Å²) in [4.78, 5) is 4.19. The van der Waals surface area contributed by atoms with E-state index in [1.54, 1.807) is 0 Å². The van der Waals surface area contributed by atoms with Crippen LogP contribution < -0.4 is 5.73 Å². The summed E-state index contributed by atoms with van der Waals surface area (Å²) in [5, 5.41) is 0. The second kappa shape index (κ2) is 4.18. The molecule has 1 heterocycles. The van der Waals surface area contributed by atoms with E-state index < -0.39 is 0 Å². The molecule has 0 aliphatic heterocycles. The van der Waals surface area contributed by atoms with Crippen LogP contribution in [0.2, 0.25) is 0 Å². The Balaban J connectivity index is 2.13. The monoisotopic (exact) mass is 225 g/mol. The molecule has 2 rings (SSSR count). The number of thioether (sulfide) groups is 1. The van der Waals surface area contributed by atoms with Gasteiger partial charge in [0.05, 0.1) is 12.0 Å². The molecular formula is C11H19N3S. The maximum Gasteiger partial charge on any atom is 0.0949 e. The van der Waals surface area contributed by atoms with Crippen LogP contribution in [-0.2, 0) is 6.54 Å². The summed E-state index contributed by atoms with van der Waals surface area (Å²) in [5.74, 6) is 0. The number of imidazole rings is 1. The van der Waals surface area contributed by atoms with E-state index in [0.717, 1.165) is 12.2 Å². The van der Waals surface area contributed by atoms with Crippen molar-refractivity contribution in [3.63, 3.8) is 0 Å². The number of aromatic nitrogens is 2. The number of hydrogen-bond acceptors (Lipinski definition) is 3. The highest BCUT2D eigenvalue weighted by Gasteiger charge is 2.36. The van der Waals surface area contributed by atoms with Crippen molar-refractivity contribution >= 4 is 11.8 Å². The van der Waals surface area contributed by atoms with E-state index in [1.165, 1.54) is 19.3 Å². The SMILES string of the molecule is CSC1(Cn2cncc2[C@@H](C)N)CCC1. The first-order valence-electron chi connectivity index (χ1n) is 5.48. The second-order valence-electron chi connectivity index (χ2n) is 4.48. The summed E-state index contributed by atoms with van der Waals surface area (Å²) in [5.41, 5.74) is 7.06. The summed E-state index contributed by atoms with van der Waals surface area (Å²) in [6.45, 7) is 3.07. The largest absolute Gasteiger partial charge is 0.332 e. The second-order valence-corrected chi connectivity index (χ2v) is 5.75. The summed E-state index contributed by atoms with van der Waals surface area (Å²) >= 11 is 1.99. The minimum absolute atomic E-state index is 0.0754. The van der Waals surface area contributed by atoms with Crippen molar-refractivity contribution in [3.05, 3.63) is 18.2 Å². The normalized spacial score (nSPS) is 21.0. The van der Waals surface area contributed by atoms with Gasteiger partial charge in [0.2, 0.25) is 0 Å². The van der Waals surface area contributed by atoms with E-state index in [2.05, 4.69) is 15.8 Å². The third-order valence-electron chi connectivity index (χ3n) is 3.37. The molecule has 1 saturated carbocycles. The Morgan fingerprint density at radius 3 is 2.87 bits per heavy atom. The van der Waals surface area contributed by atoms with Gasteiger partial charge in [0.25, 0.3) is 0 Å². The number of nitrogens with two attached hydrogens (primary N) is 1. The maximum atomic E-state index is 5.91. The third-order valence-corrected chi connectivity index (χ3v) is 4.77. The van der Waals surface area contributed by atoms with Crippen molar-refractivity contribution in [2.75, 3.05) is 6.26 Å². The van der Waals surface area contributed by atoms with Crippen molar-refractivity contribution in [2.24, 2.45) is 5.73 Å². The fraction of sp³-hybridized carbons (Fsp3) is 0.727. The molecule has 1 atom stereocenters. The molecule has 1 aliphatic carbocycles. The minimum atomic E-state index is 0.0754. The van der Waals surface area contributed by atoms with E-state index in [-0.39, 0.29) is 6.04 Å². The van der Waals surface area contributed by atoms with Gasteiger partial charge in [0.15, 0.2) is 0 Å². The van der Waals surface area contributed by atoms with Crippen LogP contribution in [0.1, 0.15) is 37.9 Å². The molecule has 0 aromatic carbocycles. The Kier molecular flexibility index (Phi) is 3.07. The van der Waals surface area contributed by atoms with Crippen molar-refractivity contribution in [2.45, 2.75) is 43.5 Å². The maximum absolute atomic E-state index is 5.91. The zero-order valence-electron chi connectivity index (χ0n) is 9.44. The molecule has 3 nitrogen and oxygen atoms in total. The molecule has 2 N–H and O–H groups in total. The molecule has 0 spiro atoms. The number of hydrogen-bond donors (Lipinski definition) is 1. The molecule has 0 bridgehead atoms. The molecular weight excluding hydrogens is 206 g/mol. The quantitative estimate of drug-likeness (QED) is 0.854. The molecule has 0 saturated heterocycles. The molecule has 0 amide bonds. The lowest BCUT2D eigenvalue weighted by Gasteiger charge is -2.41. The molecule has 1 aliphatic rings. The minimum Gasteiger partial charge on any atom is -0.332 e. The van der Waals surface area contributed by atoms with E-state index in [9.17, 15) is 0 Å². The highest BCUT2D eigenvalue weighted by atomic mass is 32.2. The molecule has 84 valence electrons. The van der Waals surface area contributed by atoms with Gasteiger partial charge >= 0.3 is 0 Å². The van der Waals surface area contributed by atoms with Crippen LogP contribution in [0.15, 0.2) is 12.5 Å². The number of rotatable bonds is 4. The van der Waals surface area contributed by atoms with Gasteiger partial charge in [0, 0.05) is 23.5 Å². The van der Waals surface area contributed by atoms with E-state index in [4.69, 9.17) is 5.73 Å². The third kappa shape index (κ3) is 2.06. The summed E-state index contributed by atoms with van der Waals surface area (Å²) in [7, 11) is 0. The topological polar surface area (TPSA) is 43.8 Å². The van der Waals surface area contributed by atoms with Crippen LogP contribution >= 0.6 is 11.8 Å². The van der Waals surface area contributed by atoms with Crippen LogP contribution in [0.3, 0.4) is 0 Å². The van der Waals surface area contributed by atoms with Gasteiger partial charge in [-0.25, -0.2) is 4.98 Å². The van der Waals surface area contributed by atoms with Crippen LogP contribution in [-0.4, -0.2) is 20.6 Å². The predicted octanol–water partition coefficient (Wildman–Crippen LogP) is 2.19. The van der Waals surface area contributed by atoms with E-state index in [0.29, 0.717) is 4.75 Å². The van der Waals surface area contributed by atoms with E-state index >= 15 is 0 Å². The molecule has 1 aromatic heterocycles. The lowest BCUT2D eigenvalue weighted by molar-refractivity contribution is 0.317. The van der Waals surface area contributed by atoms with Crippen molar-refractivity contribution in [3.8, 4) is 0 Å². The van der Waals surface area contributed by atoms with Crippen molar-refractivity contribution in [1.29, 1.82) is 0 Å². The summed E-state index contributed by atoms with van der Waals surface area (Å²) < 4.78 is 2.67. The van der Waals surface area contributed by atoms with Gasteiger partial charge in [-0.1, -0.05) is 6.42 Å². The standard InChI is InChI=1S/C11H19N3S/c1-9(12)10-6-13-8-14(10)7-11(15-2)4-3-5-11/h6,8-9H,3-5,7,12H2,1-2H3/t9-/m1/s1. The van der Waals surface area contributed by atoms with Crippen molar-refractivity contribution in [1.82, 2.24) is 9.55 Å². The zero-order chi connectivity index (χ0) is 10.9. The van der Waals surface area contributed by atoms with Crippen LogP contribution in [0.5, 0.6) is 0 Å². The first-order chi connectivity index (χ1) is 7.17. The molecule has 0 unspecified atom stereocenters. The zero-order valence-corrected chi connectivity index (χ0v) is 10.3. The summed E-state index contributed by atoms with van der Waals surface area (Å²) in [6.07, 6.45) is 10.0. The highest BCUT2D eigenvalue weighted by molar-refractivity contribution is 8.00. The van der Waals surface area contributed by atoms with Gasteiger partial charge in [-0.15, -0.1) is 0 Å². The van der Waals surface area contributed by atoms with Gasteiger partial charge < -0.3 is 10.3 Å². The lowest BCUT2D eigenvalue weighted by atomic mass is 9.84. The first-order valence-corrected chi connectivity index (χ1v) is 6.70.